The average Bonchev–Trinajstić information content (AvgIpc) is 2.78. The number of benzene rings is 1. The van der Waals surface area contributed by atoms with Crippen molar-refractivity contribution in [1.29, 1.82) is 0 Å². The van der Waals surface area contributed by atoms with Crippen LogP contribution in [0.4, 0.5) is 5.69 Å². The highest BCUT2D eigenvalue weighted by molar-refractivity contribution is 6.08. The van der Waals surface area contributed by atoms with Gasteiger partial charge in [0, 0.05) is 18.4 Å². The highest BCUT2D eigenvalue weighted by Gasteiger charge is 2.25. The zero-order valence-electron chi connectivity index (χ0n) is 14.9. The molecule has 0 saturated heterocycles. The number of carbonyl (C=O) groups is 2. The normalized spacial score (nSPS) is 10.5. The fourth-order valence-corrected chi connectivity index (χ4v) is 2.82. The van der Waals surface area contributed by atoms with Crippen LogP contribution < -0.4 is 5.32 Å². The molecule has 0 aliphatic heterocycles. The van der Waals surface area contributed by atoms with Gasteiger partial charge in [-0.1, -0.05) is 19.1 Å². The van der Waals surface area contributed by atoms with Crippen molar-refractivity contribution in [2.45, 2.75) is 34.1 Å². The smallest absolute Gasteiger partial charge is 0.355 e. The first kappa shape index (κ1) is 17.8. The number of esters is 1. The maximum atomic E-state index is 12.7. The lowest BCUT2D eigenvalue weighted by Gasteiger charge is -2.07. The topological polar surface area (TPSA) is 60.3 Å². The summed E-state index contributed by atoms with van der Waals surface area (Å²) in [6.07, 6.45) is 0.952. The molecule has 128 valence electrons. The van der Waals surface area contributed by atoms with Crippen LogP contribution >= 0.6 is 0 Å². The SMILES string of the molecule is CCOC(=O)c1c(C)c(C(=O)Nc2ccc(CC)cc2)c(C)n1C. The van der Waals surface area contributed by atoms with E-state index < -0.39 is 5.97 Å². The van der Waals surface area contributed by atoms with Crippen LogP contribution in [0, 0.1) is 13.8 Å². The summed E-state index contributed by atoms with van der Waals surface area (Å²) in [5.74, 6) is -0.632. The Balaban J connectivity index is 2.32. The first-order valence-electron chi connectivity index (χ1n) is 8.13. The quantitative estimate of drug-likeness (QED) is 0.853. The van der Waals surface area contributed by atoms with Crippen molar-refractivity contribution < 1.29 is 14.3 Å². The van der Waals surface area contributed by atoms with Crippen LogP contribution in [0.15, 0.2) is 24.3 Å². The third-order valence-electron chi connectivity index (χ3n) is 4.25. The highest BCUT2D eigenvalue weighted by Crippen LogP contribution is 2.23. The zero-order valence-corrected chi connectivity index (χ0v) is 14.9. The molecule has 1 N–H and O–H groups in total. The van der Waals surface area contributed by atoms with Gasteiger partial charge in [-0.25, -0.2) is 4.79 Å². The molecule has 0 radical (unpaired) electrons. The number of rotatable bonds is 5. The maximum Gasteiger partial charge on any atom is 0.355 e. The predicted octanol–water partition coefficient (Wildman–Crippen LogP) is 3.63. The number of aryl methyl sites for hydroxylation is 1. The third-order valence-corrected chi connectivity index (χ3v) is 4.25. The van der Waals surface area contributed by atoms with Crippen LogP contribution in [-0.4, -0.2) is 23.1 Å². The molecule has 0 spiro atoms. The van der Waals surface area contributed by atoms with Gasteiger partial charge in [-0.15, -0.1) is 0 Å². The molecule has 2 rings (SSSR count). The first-order chi connectivity index (χ1) is 11.4. The van der Waals surface area contributed by atoms with Gasteiger partial charge in [0.2, 0.25) is 0 Å². The van der Waals surface area contributed by atoms with E-state index in [1.165, 1.54) is 5.56 Å². The van der Waals surface area contributed by atoms with E-state index in [2.05, 4.69) is 12.2 Å². The van der Waals surface area contributed by atoms with Crippen molar-refractivity contribution in [2.75, 3.05) is 11.9 Å². The summed E-state index contributed by atoms with van der Waals surface area (Å²) in [6, 6.07) is 7.75. The van der Waals surface area contributed by atoms with E-state index in [-0.39, 0.29) is 5.91 Å². The number of amides is 1. The summed E-state index contributed by atoms with van der Waals surface area (Å²) in [7, 11) is 1.77. The Hall–Kier alpha value is -2.56. The number of nitrogens with zero attached hydrogens (tertiary/aromatic N) is 1. The number of hydrogen-bond donors (Lipinski definition) is 1. The summed E-state index contributed by atoms with van der Waals surface area (Å²) < 4.78 is 6.80. The summed E-state index contributed by atoms with van der Waals surface area (Å²) in [5, 5.41) is 2.90. The van der Waals surface area contributed by atoms with Gasteiger partial charge < -0.3 is 14.6 Å². The lowest BCUT2D eigenvalue weighted by atomic mass is 10.1. The number of nitrogens with one attached hydrogen (secondary N) is 1. The van der Waals surface area contributed by atoms with Crippen LogP contribution in [0.2, 0.25) is 0 Å². The minimum Gasteiger partial charge on any atom is -0.461 e. The Morgan fingerprint density at radius 2 is 1.75 bits per heavy atom. The minimum absolute atomic E-state index is 0.222. The molecule has 0 atom stereocenters. The Kier molecular flexibility index (Phi) is 5.44. The van der Waals surface area contributed by atoms with E-state index >= 15 is 0 Å². The molecule has 0 bridgehead atoms. The molecule has 5 heteroatoms. The Labute approximate surface area is 142 Å². The summed E-state index contributed by atoms with van der Waals surface area (Å²) in [4.78, 5) is 24.8. The third kappa shape index (κ3) is 3.35. The van der Waals surface area contributed by atoms with Crippen molar-refractivity contribution in [1.82, 2.24) is 4.57 Å². The van der Waals surface area contributed by atoms with E-state index in [1.54, 1.807) is 25.5 Å². The molecule has 0 aliphatic carbocycles. The highest BCUT2D eigenvalue weighted by atomic mass is 16.5. The number of ether oxygens (including phenoxy) is 1. The number of aromatic nitrogens is 1. The molecule has 2 aromatic rings. The molecule has 5 nitrogen and oxygen atoms in total. The minimum atomic E-state index is -0.410. The van der Waals surface area contributed by atoms with Crippen molar-refractivity contribution in [3.8, 4) is 0 Å². The Morgan fingerprint density at radius 3 is 2.29 bits per heavy atom. The number of anilines is 1. The average molecular weight is 328 g/mol. The fourth-order valence-electron chi connectivity index (χ4n) is 2.82. The molecule has 24 heavy (non-hydrogen) atoms. The molecule has 1 heterocycles. The molecule has 1 aromatic heterocycles. The number of hydrogen-bond acceptors (Lipinski definition) is 3. The van der Waals surface area contributed by atoms with Crippen LogP contribution in [0.3, 0.4) is 0 Å². The van der Waals surface area contributed by atoms with Gasteiger partial charge in [0.15, 0.2) is 0 Å². The molecule has 0 fully saturated rings. The van der Waals surface area contributed by atoms with Crippen LogP contribution in [-0.2, 0) is 18.2 Å². The molecular formula is C19H24N2O3. The second-order valence-corrected chi connectivity index (χ2v) is 5.72. The van der Waals surface area contributed by atoms with Crippen LogP contribution in [0.1, 0.15) is 51.5 Å². The predicted molar refractivity (Wildman–Crippen MR) is 94.6 cm³/mol. The van der Waals surface area contributed by atoms with Crippen LogP contribution in [0.5, 0.6) is 0 Å². The van der Waals surface area contributed by atoms with Gasteiger partial charge in [0.25, 0.3) is 5.91 Å². The van der Waals surface area contributed by atoms with E-state index in [9.17, 15) is 9.59 Å². The molecule has 1 aromatic carbocycles. The zero-order chi connectivity index (χ0) is 17.9. The second kappa shape index (κ2) is 7.34. The summed E-state index contributed by atoms with van der Waals surface area (Å²) >= 11 is 0. The largest absolute Gasteiger partial charge is 0.461 e. The lowest BCUT2D eigenvalue weighted by molar-refractivity contribution is 0.0514. The van der Waals surface area contributed by atoms with Gasteiger partial charge in [-0.2, -0.15) is 0 Å². The summed E-state index contributed by atoms with van der Waals surface area (Å²) in [5.41, 5.74) is 4.25. The first-order valence-corrected chi connectivity index (χ1v) is 8.13. The van der Waals surface area contributed by atoms with Gasteiger partial charge >= 0.3 is 5.97 Å². The van der Waals surface area contributed by atoms with E-state index in [0.717, 1.165) is 17.8 Å². The molecule has 1 amide bonds. The monoisotopic (exact) mass is 328 g/mol. The van der Waals surface area contributed by atoms with Crippen molar-refractivity contribution in [3.05, 3.63) is 52.3 Å². The van der Waals surface area contributed by atoms with E-state index in [0.29, 0.717) is 23.4 Å². The Bertz CT molecular complexity index is 758. The molecular weight excluding hydrogens is 304 g/mol. The van der Waals surface area contributed by atoms with Crippen molar-refractivity contribution >= 4 is 17.6 Å². The number of carbonyl (C=O) groups excluding carboxylic acids is 2. The van der Waals surface area contributed by atoms with E-state index in [1.807, 2.05) is 31.2 Å². The molecule has 0 saturated carbocycles. The van der Waals surface area contributed by atoms with Crippen molar-refractivity contribution in [2.24, 2.45) is 7.05 Å². The van der Waals surface area contributed by atoms with Gasteiger partial charge in [-0.3, -0.25) is 4.79 Å². The molecule has 0 aliphatic rings. The summed E-state index contributed by atoms with van der Waals surface area (Å²) in [6.45, 7) is 7.74. The van der Waals surface area contributed by atoms with Crippen molar-refractivity contribution in [3.63, 3.8) is 0 Å². The molecule has 0 unspecified atom stereocenters. The Morgan fingerprint density at radius 1 is 1.12 bits per heavy atom. The standard InChI is InChI=1S/C19H24N2O3/c1-6-14-8-10-15(11-9-14)20-18(22)16-12(3)17(19(23)24-7-2)21(5)13(16)4/h8-11H,6-7H2,1-5H3,(H,20,22). The van der Waals surface area contributed by atoms with E-state index in [4.69, 9.17) is 4.74 Å². The van der Waals surface area contributed by atoms with Gasteiger partial charge in [0.1, 0.15) is 5.69 Å². The van der Waals surface area contributed by atoms with Gasteiger partial charge in [-0.05, 0) is 50.5 Å². The lowest BCUT2D eigenvalue weighted by Crippen LogP contribution is -2.14. The van der Waals surface area contributed by atoms with Gasteiger partial charge in [0.05, 0.1) is 12.2 Å². The fraction of sp³-hybridized carbons (Fsp3) is 0.368. The second-order valence-electron chi connectivity index (χ2n) is 5.72. The maximum absolute atomic E-state index is 12.7. The van der Waals surface area contributed by atoms with Crippen LogP contribution in [0.25, 0.3) is 0 Å².